The van der Waals surface area contributed by atoms with Crippen LogP contribution in [-0.2, 0) is 41.0 Å². The number of carbonyl (C=O) groups is 2. The van der Waals surface area contributed by atoms with Crippen LogP contribution in [0.25, 0.3) is 10.8 Å². The fourth-order valence-corrected chi connectivity index (χ4v) is 6.24. The summed E-state index contributed by atoms with van der Waals surface area (Å²) in [6.45, 7) is -0.0166. The Labute approximate surface area is 263 Å². The second kappa shape index (κ2) is 13.9. The standard InChI is InChI=1S/C26H21N3O14S3/c1-41-13-16-6-5-15(10-21(16)28-25(30)14-3-2-4-17(9-14)29(32)33)26(31)27-20-7-8-22(45(35,36)37)19-11-18(44-43-42-34)12-23(24(19)20)46(38,39)40/h2-12,34H,13H2,1H3,(H,27,31)(H,28,30)(H,35,36,37)(H,38,39,40). The number of nitro groups is 1. The molecule has 0 saturated carbocycles. The molecule has 4 rings (SSSR count). The summed E-state index contributed by atoms with van der Waals surface area (Å²) in [5.41, 5.74) is -0.301. The number of amides is 2. The molecule has 0 aromatic heterocycles. The molecule has 0 radical (unpaired) electrons. The van der Waals surface area contributed by atoms with Crippen LogP contribution in [-0.4, -0.2) is 55.0 Å². The molecule has 20 heteroatoms. The lowest BCUT2D eigenvalue weighted by Crippen LogP contribution is -2.17. The Morgan fingerprint density at radius 1 is 0.870 bits per heavy atom. The highest BCUT2D eigenvalue weighted by atomic mass is 32.2. The molecule has 5 N–H and O–H groups in total. The van der Waals surface area contributed by atoms with Gasteiger partial charge in [0.1, 0.15) is 9.79 Å². The Morgan fingerprint density at radius 3 is 2.13 bits per heavy atom. The summed E-state index contributed by atoms with van der Waals surface area (Å²) in [5, 5.41) is 27.1. The molecule has 242 valence electrons. The van der Waals surface area contributed by atoms with Gasteiger partial charge < -0.3 is 15.4 Å². The van der Waals surface area contributed by atoms with Crippen molar-refractivity contribution in [2.75, 3.05) is 17.7 Å². The van der Waals surface area contributed by atoms with Gasteiger partial charge in [-0.2, -0.15) is 16.8 Å². The van der Waals surface area contributed by atoms with Crippen molar-refractivity contribution in [3.05, 3.63) is 93.5 Å². The zero-order valence-electron chi connectivity index (χ0n) is 23.1. The first-order valence-corrected chi connectivity index (χ1v) is 16.0. The average Bonchev–Trinajstić information content (AvgIpc) is 2.99. The molecule has 4 aromatic rings. The lowest BCUT2D eigenvalue weighted by molar-refractivity contribution is -0.432. The first-order chi connectivity index (χ1) is 21.6. The van der Waals surface area contributed by atoms with Gasteiger partial charge in [-0.05, 0) is 42.5 Å². The highest BCUT2D eigenvalue weighted by Gasteiger charge is 2.26. The number of benzene rings is 4. The second-order valence-electron chi connectivity index (χ2n) is 9.15. The van der Waals surface area contributed by atoms with Crippen molar-refractivity contribution in [2.24, 2.45) is 0 Å². The number of nitrogens with one attached hydrogen (secondary N) is 2. The fourth-order valence-electron chi connectivity index (χ4n) is 4.29. The second-order valence-corrected chi connectivity index (χ2v) is 12.7. The number of methoxy groups -OCH3 is 1. The molecule has 0 atom stereocenters. The number of hydrogen-bond donors (Lipinski definition) is 5. The van der Waals surface area contributed by atoms with Gasteiger partial charge in [0.2, 0.25) is 0 Å². The van der Waals surface area contributed by atoms with Gasteiger partial charge in [0.25, 0.3) is 37.7 Å². The highest BCUT2D eigenvalue weighted by Crippen LogP contribution is 2.38. The SMILES string of the molecule is COCc1ccc(C(=O)Nc2ccc(S(=O)(=O)O)c3cc(SOOO)cc(S(=O)(=O)O)c23)cc1NC(=O)c1cccc([N+](=O)[O-])c1. The number of rotatable bonds is 12. The highest BCUT2D eigenvalue weighted by molar-refractivity contribution is 7.94. The van der Waals surface area contributed by atoms with E-state index in [0.717, 1.165) is 30.3 Å². The van der Waals surface area contributed by atoms with Crippen LogP contribution >= 0.6 is 12.0 Å². The van der Waals surface area contributed by atoms with Crippen LogP contribution in [0.5, 0.6) is 0 Å². The quantitative estimate of drug-likeness (QED) is 0.0454. The predicted molar refractivity (Wildman–Crippen MR) is 160 cm³/mol. The maximum absolute atomic E-state index is 13.4. The number of carbonyl (C=O) groups excluding carboxylic acids is 2. The van der Waals surface area contributed by atoms with E-state index in [1.54, 1.807) is 0 Å². The van der Waals surface area contributed by atoms with Gasteiger partial charge in [0.05, 0.1) is 29.3 Å². The van der Waals surface area contributed by atoms with Crippen LogP contribution in [0.3, 0.4) is 0 Å². The lowest BCUT2D eigenvalue weighted by atomic mass is 10.1. The van der Waals surface area contributed by atoms with Crippen LogP contribution in [0.4, 0.5) is 17.1 Å². The van der Waals surface area contributed by atoms with Gasteiger partial charge in [-0.3, -0.25) is 28.8 Å². The summed E-state index contributed by atoms with van der Waals surface area (Å²) in [4.78, 5) is 34.9. The molecule has 4 aromatic carbocycles. The molecule has 0 spiro atoms. The molecule has 0 saturated heterocycles. The Kier molecular flexibility index (Phi) is 10.4. The van der Waals surface area contributed by atoms with Gasteiger partial charge in [-0.1, -0.05) is 17.2 Å². The Hall–Kier alpha value is -4.51. The fraction of sp³-hybridized carbons (Fsp3) is 0.0769. The van der Waals surface area contributed by atoms with E-state index in [4.69, 9.17) is 9.99 Å². The van der Waals surface area contributed by atoms with E-state index in [0.29, 0.717) is 5.56 Å². The van der Waals surface area contributed by atoms with E-state index in [9.17, 15) is 45.6 Å². The summed E-state index contributed by atoms with van der Waals surface area (Å²) in [5.74, 6) is -1.64. The Morgan fingerprint density at radius 2 is 1.52 bits per heavy atom. The maximum atomic E-state index is 13.4. The van der Waals surface area contributed by atoms with Crippen molar-refractivity contribution in [3.63, 3.8) is 0 Å². The zero-order valence-corrected chi connectivity index (χ0v) is 25.5. The maximum Gasteiger partial charge on any atom is 0.295 e. The Bertz CT molecular complexity index is 2090. The summed E-state index contributed by atoms with van der Waals surface area (Å²) >= 11 is 0.224. The van der Waals surface area contributed by atoms with Gasteiger partial charge >= 0.3 is 0 Å². The summed E-state index contributed by atoms with van der Waals surface area (Å²) in [6, 6.07) is 12.6. The van der Waals surface area contributed by atoms with Gasteiger partial charge in [-0.25, -0.2) is 5.26 Å². The molecule has 0 aliphatic heterocycles. The molecule has 0 fully saturated rings. The third-order valence-electron chi connectivity index (χ3n) is 6.22. The number of non-ortho nitro benzene ring substituents is 1. The monoisotopic (exact) mass is 695 g/mol. The molecule has 46 heavy (non-hydrogen) atoms. The molecule has 17 nitrogen and oxygen atoms in total. The topological polar surface area (TPSA) is 258 Å². The number of hydrogen-bond acceptors (Lipinski definition) is 13. The van der Waals surface area contributed by atoms with E-state index in [-0.39, 0.29) is 51.7 Å². The number of nitro benzene ring substituents is 1. The predicted octanol–water partition coefficient (Wildman–Crippen LogP) is 4.32. The van der Waals surface area contributed by atoms with Crippen molar-refractivity contribution in [1.82, 2.24) is 0 Å². The first kappa shape index (κ1) is 34.4. The first-order valence-electron chi connectivity index (χ1n) is 12.3. The normalized spacial score (nSPS) is 11.7. The number of fused-ring (bicyclic) bond motifs is 1. The molecule has 0 heterocycles. The number of anilines is 2. The van der Waals surface area contributed by atoms with Gasteiger partial charge in [0, 0.05) is 57.3 Å². The number of ether oxygens (including phenoxy) is 1. The van der Waals surface area contributed by atoms with Crippen LogP contribution < -0.4 is 10.6 Å². The van der Waals surface area contributed by atoms with E-state index in [1.165, 1.54) is 43.5 Å². The molecular formula is C26H21N3O14S3. The minimum Gasteiger partial charge on any atom is -0.380 e. The zero-order chi connectivity index (χ0) is 33.8. The van der Waals surface area contributed by atoms with Crippen molar-refractivity contribution >= 4 is 71.9 Å². The molecular weight excluding hydrogens is 674 g/mol. The minimum absolute atomic E-state index is 0.0166. The van der Waals surface area contributed by atoms with Crippen LogP contribution in [0.15, 0.2) is 81.4 Å². The molecule has 0 bridgehead atoms. The van der Waals surface area contributed by atoms with E-state index >= 15 is 0 Å². The third kappa shape index (κ3) is 7.82. The molecule has 0 aliphatic rings. The summed E-state index contributed by atoms with van der Waals surface area (Å²) < 4.78 is 78.2. The summed E-state index contributed by atoms with van der Waals surface area (Å²) in [6.07, 6.45) is 0. The van der Waals surface area contributed by atoms with E-state index in [2.05, 4.69) is 20.0 Å². The largest absolute Gasteiger partial charge is 0.380 e. The third-order valence-corrected chi connectivity index (χ3v) is 8.56. The Balaban J connectivity index is 1.79. The van der Waals surface area contributed by atoms with Crippen molar-refractivity contribution in [3.8, 4) is 0 Å². The van der Waals surface area contributed by atoms with Crippen molar-refractivity contribution < 1.29 is 59.8 Å². The average molecular weight is 696 g/mol. The van der Waals surface area contributed by atoms with Gasteiger partial charge in [-0.15, -0.1) is 4.33 Å². The van der Waals surface area contributed by atoms with E-state index in [1.807, 2.05) is 0 Å². The molecule has 0 aliphatic carbocycles. The van der Waals surface area contributed by atoms with Gasteiger partial charge in [0.15, 0.2) is 0 Å². The number of nitrogens with zero attached hydrogens (tertiary/aromatic N) is 1. The smallest absolute Gasteiger partial charge is 0.295 e. The van der Waals surface area contributed by atoms with Crippen LogP contribution in [0.2, 0.25) is 0 Å². The van der Waals surface area contributed by atoms with E-state index < -0.39 is 57.5 Å². The minimum atomic E-state index is -5.13. The molecule has 0 unspecified atom stereocenters. The molecule has 2 amide bonds. The van der Waals surface area contributed by atoms with Crippen LogP contribution in [0.1, 0.15) is 26.3 Å². The van der Waals surface area contributed by atoms with Crippen molar-refractivity contribution in [2.45, 2.75) is 21.3 Å². The van der Waals surface area contributed by atoms with Crippen LogP contribution in [0, 0.1) is 10.1 Å². The lowest BCUT2D eigenvalue weighted by Gasteiger charge is -2.16. The van der Waals surface area contributed by atoms with Crippen molar-refractivity contribution in [1.29, 1.82) is 0 Å². The summed E-state index contributed by atoms with van der Waals surface area (Å²) in [7, 11) is -8.74.